The molecule has 0 heterocycles. The minimum atomic E-state index is -0.694. The van der Waals surface area contributed by atoms with Crippen molar-refractivity contribution in [2.45, 2.75) is 77.2 Å². The van der Waals surface area contributed by atoms with E-state index in [1.165, 1.54) is 38.5 Å². The summed E-state index contributed by atoms with van der Waals surface area (Å²) in [4.78, 5) is 11.8. The zero-order chi connectivity index (χ0) is 13.4. The Bertz CT molecular complexity index is 245. The van der Waals surface area contributed by atoms with Crippen LogP contribution in [0.5, 0.6) is 0 Å². The topological polar surface area (TPSA) is 55.1 Å². The van der Waals surface area contributed by atoms with Crippen LogP contribution in [-0.4, -0.2) is 18.0 Å². The molecule has 3 nitrogen and oxygen atoms in total. The minimum Gasteiger partial charge on any atom is -0.355 e. The number of nitrogens with two attached hydrogens (primary N) is 1. The molecule has 1 rings (SSSR count). The van der Waals surface area contributed by atoms with E-state index in [9.17, 15) is 4.79 Å². The molecular formula is C15H30N2O. The zero-order valence-corrected chi connectivity index (χ0v) is 12.1. The molecule has 18 heavy (non-hydrogen) atoms. The zero-order valence-electron chi connectivity index (χ0n) is 12.1. The third-order valence-corrected chi connectivity index (χ3v) is 4.09. The molecule has 0 radical (unpaired) electrons. The third-order valence-electron chi connectivity index (χ3n) is 4.09. The summed E-state index contributed by atoms with van der Waals surface area (Å²) in [5, 5.41) is 2.97. The summed E-state index contributed by atoms with van der Waals surface area (Å²) < 4.78 is 0. The van der Waals surface area contributed by atoms with E-state index >= 15 is 0 Å². The van der Waals surface area contributed by atoms with Gasteiger partial charge in [0, 0.05) is 6.54 Å². The quantitative estimate of drug-likeness (QED) is 0.654. The highest BCUT2D eigenvalue weighted by molar-refractivity contribution is 5.85. The molecular weight excluding hydrogens is 224 g/mol. The van der Waals surface area contributed by atoms with Crippen molar-refractivity contribution in [3.05, 3.63) is 0 Å². The van der Waals surface area contributed by atoms with Gasteiger partial charge in [0.1, 0.15) is 0 Å². The van der Waals surface area contributed by atoms with Gasteiger partial charge in [0.15, 0.2) is 0 Å². The maximum absolute atomic E-state index is 11.8. The van der Waals surface area contributed by atoms with Gasteiger partial charge >= 0.3 is 0 Å². The molecule has 0 aromatic heterocycles. The number of hydrogen-bond donors (Lipinski definition) is 2. The third kappa shape index (κ3) is 5.38. The first-order valence-electron chi connectivity index (χ1n) is 7.63. The lowest BCUT2D eigenvalue weighted by Gasteiger charge is -2.22. The lowest BCUT2D eigenvalue weighted by Crippen LogP contribution is -2.51. The molecule has 1 aliphatic carbocycles. The first-order valence-corrected chi connectivity index (χ1v) is 7.63. The van der Waals surface area contributed by atoms with Crippen LogP contribution in [0.4, 0.5) is 0 Å². The van der Waals surface area contributed by atoms with Gasteiger partial charge < -0.3 is 11.1 Å². The monoisotopic (exact) mass is 254 g/mol. The van der Waals surface area contributed by atoms with Gasteiger partial charge in [-0.3, -0.25) is 4.79 Å². The second-order valence-electron chi connectivity index (χ2n) is 6.07. The first-order chi connectivity index (χ1) is 8.56. The smallest absolute Gasteiger partial charge is 0.239 e. The lowest BCUT2D eigenvalue weighted by atomic mass is 9.96. The second kappa shape index (κ2) is 7.78. The van der Waals surface area contributed by atoms with Crippen LogP contribution in [-0.2, 0) is 4.79 Å². The molecule has 1 amide bonds. The van der Waals surface area contributed by atoms with Gasteiger partial charge in [-0.2, -0.15) is 0 Å². The molecule has 0 aliphatic heterocycles. The van der Waals surface area contributed by atoms with Crippen molar-refractivity contribution >= 4 is 5.91 Å². The average Bonchev–Trinajstić information content (AvgIpc) is 2.81. The van der Waals surface area contributed by atoms with Crippen molar-refractivity contribution in [1.29, 1.82) is 0 Å². The molecule has 1 saturated carbocycles. The fourth-order valence-electron chi connectivity index (χ4n) is 2.89. The Hall–Kier alpha value is -0.570. The Kier molecular flexibility index (Phi) is 6.69. The summed E-state index contributed by atoms with van der Waals surface area (Å²) in [6, 6.07) is 0. The molecule has 0 spiro atoms. The maximum Gasteiger partial charge on any atom is 0.239 e. The number of nitrogens with one attached hydrogen (secondary N) is 1. The fourth-order valence-corrected chi connectivity index (χ4v) is 2.89. The maximum atomic E-state index is 11.8. The average molecular weight is 254 g/mol. The molecule has 1 atom stereocenters. The molecule has 0 aromatic rings. The van der Waals surface area contributed by atoms with Crippen molar-refractivity contribution in [3.63, 3.8) is 0 Å². The van der Waals surface area contributed by atoms with E-state index in [0.717, 1.165) is 31.7 Å². The van der Waals surface area contributed by atoms with Crippen LogP contribution in [0.2, 0.25) is 0 Å². The van der Waals surface area contributed by atoms with Gasteiger partial charge in [0.25, 0.3) is 0 Å². The van der Waals surface area contributed by atoms with E-state index in [1.807, 2.05) is 6.92 Å². The van der Waals surface area contributed by atoms with Crippen LogP contribution in [0, 0.1) is 5.92 Å². The second-order valence-corrected chi connectivity index (χ2v) is 6.07. The standard InChI is InChI=1S/C15H30N2O/c1-3-11-15(2,16)14(18)17-12-7-6-10-13-8-4-5-9-13/h13H,3-12,16H2,1-2H3,(H,17,18). The van der Waals surface area contributed by atoms with E-state index in [-0.39, 0.29) is 5.91 Å². The summed E-state index contributed by atoms with van der Waals surface area (Å²) in [5.74, 6) is 0.964. The normalized spacial score (nSPS) is 19.7. The number of carbonyl (C=O) groups excluding carboxylic acids is 1. The highest BCUT2D eigenvalue weighted by atomic mass is 16.2. The number of hydrogen-bond acceptors (Lipinski definition) is 2. The summed E-state index contributed by atoms with van der Waals surface area (Å²) in [5.41, 5.74) is 5.28. The number of rotatable bonds is 8. The molecule has 0 saturated heterocycles. The van der Waals surface area contributed by atoms with E-state index in [0.29, 0.717) is 0 Å². The van der Waals surface area contributed by atoms with Gasteiger partial charge in [-0.25, -0.2) is 0 Å². The molecule has 3 heteroatoms. The van der Waals surface area contributed by atoms with Gasteiger partial charge in [0.2, 0.25) is 5.91 Å². The van der Waals surface area contributed by atoms with E-state index in [2.05, 4.69) is 12.2 Å². The number of amides is 1. The predicted molar refractivity (Wildman–Crippen MR) is 76.3 cm³/mol. The number of unbranched alkanes of at least 4 members (excludes halogenated alkanes) is 1. The molecule has 106 valence electrons. The van der Waals surface area contributed by atoms with Crippen LogP contribution >= 0.6 is 0 Å². The SMILES string of the molecule is CCCC(C)(N)C(=O)NCCCCC1CCCC1. The molecule has 3 N–H and O–H groups in total. The summed E-state index contributed by atoms with van der Waals surface area (Å²) >= 11 is 0. The van der Waals surface area contributed by atoms with E-state index < -0.39 is 5.54 Å². The van der Waals surface area contributed by atoms with E-state index in [4.69, 9.17) is 5.73 Å². The van der Waals surface area contributed by atoms with Gasteiger partial charge in [-0.15, -0.1) is 0 Å². The highest BCUT2D eigenvalue weighted by Crippen LogP contribution is 2.28. The predicted octanol–water partition coefficient (Wildman–Crippen LogP) is 2.98. The molecule has 0 bridgehead atoms. The summed E-state index contributed by atoms with van der Waals surface area (Å²) in [6.07, 6.45) is 11.0. The Labute approximate surface area is 112 Å². The molecule has 1 aliphatic rings. The van der Waals surface area contributed by atoms with Crippen molar-refractivity contribution in [3.8, 4) is 0 Å². The van der Waals surface area contributed by atoms with Crippen LogP contribution in [0.15, 0.2) is 0 Å². The van der Waals surface area contributed by atoms with Crippen LogP contribution in [0.25, 0.3) is 0 Å². The summed E-state index contributed by atoms with van der Waals surface area (Å²) in [7, 11) is 0. The van der Waals surface area contributed by atoms with Gasteiger partial charge in [0.05, 0.1) is 5.54 Å². The Morgan fingerprint density at radius 3 is 2.61 bits per heavy atom. The van der Waals surface area contributed by atoms with E-state index in [1.54, 1.807) is 0 Å². The van der Waals surface area contributed by atoms with Crippen molar-refractivity contribution in [2.75, 3.05) is 6.54 Å². The number of carbonyl (C=O) groups is 1. The van der Waals surface area contributed by atoms with Crippen molar-refractivity contribution in [1.82, 2.24) is 5.32 Å². The van der Waals surface area contributed by atoms with Gasteiger partial charge in [-0.05, 0) is 25.7 Å². The summed E-state index contributed by atoms with van der Waals surface area (Å²) in [6.45, 7) is 4.66. The Balaban J connectivity index is 2.04. The molecule has 0 aromatic carbocycles. The van der Waals surface area contributed by atoms with Crippen LogP contribution in [0.1, 0.15) is 71.6 Å². The Morgan fingerprint density at radius 2 is 2.00 bits per heavy atom. The fraction of sp³-hybridized carbons (Fsp3) is 0.933. The molecule has 1 fully saturated rings. The highest BCUT2D eigenvalue weighted by Gasteiger charge is 2.26. The minimum absolute atomic E-state index is 0.00483. The lowest BCUT2D eigenvalue weighted by molar-refractivity contribution is -0.126. The molecule has 1 unspecified atom stereocenters. The largest absolute Gasteiger partial charge is 0.355 e. The Morgan fingerprint density at radius 1 is 1.33 bits per heavy atom. The van der Waals surface area contributed by atoms with Gasteiger partial charge in [-0.1, -0.05) is 51.9 Å². The van der Waals surface area contributed by atoms with Crippen LogP contribution < -0.4 is 11.1 Å². The van der Waals surface area contributed by atoms with Crippen molar-refractivity contribution in [2.24, 2.45) is 11.7 Å². The van der Waals surface area contributed by atoms with Crippen LogP contribution in [0.3, 0.4) is 0 Å². The first kappa shape index (κ1) is 15.5. The van der Waals surface area contributed by atoms with Crippen molar-refractivity contribution < 1.29 is 4.79 Å².